The van der Waals surface area contributed by atoms with Crippen molar-refractivity contribution in [2.45, 2.75) is 229 Å². The Bertz CT molecular complexity index is 1700. The molecule has 0 radical (unpaired) electrons. The van der Waals surface area contributed by atoms with Gasteiger partial charge >= 0.3 is 0 Å². The van der Waals surface area contributed by atoms with Gasteiger partial charge in [-0.1, -0.05) is 174 Å². The average molecular weight is 1040 g/mol. The standard InChI is InChI=1S/C60H97NO13/c1-3-5-7-9-11-13-15-16-17-18-19-20-21-22-23-24-25-26-27-28-29-30-31-32-34-36-38-40-42-44-52(65)61-48(49(64)43-41-39-37-35-33-14-12-10-8-6-4-2)47-71-59-57(70)55(68)58(51(46-63)73-59)74-60-56(69)54(67)53(66)50(45-62)72-60/h5,7,11,13,16-17,19-20,22-23,25-26,28-29,31-33,35,41,43,48-51,53-60,62-64,66-70H,3-4,6,8-10,12,14-15,18,21,24,27,30,34,36-40,42,44-47H2,1-2H3,(H,61,65)/b7-5-,13-11-,17-16-,20-19-,23-22-,26-25-,29-28-,32-31-,35-33+,43-41+. The minimum absolute atomic E-state index is 0.235. The predicted molar refractivity (Wildman–Crippen MR) is 295 cm³/mol. The molecule has 0 aromatic carbocycles. The lowest BCUT2D eigenvalue weighted by Crippen LogP contribution is -2.65. The quantitative estimate of drug-likeness (QED) is 0.0207. The van der Waals surface area contributed by atoms with Gasteiger partial charge < -0.3 is 65.1 Å². The Balaban J connectivity index is 1.76. The fourth-order valence-electron chi connectivity index (χ4n) is 8.14. The molecule has 2 rings (SSSR count). The van der Waals surface area contributed by atoms with E-state index in [1.807, 2.05) is 6.08 Å². The number of aliphatic hydroxyl groups excluding tert-OH is 8. The van der Waals surface area contributed by atoms with Crippen LogP contribution in [0.1, 0.15) is 155 Å². The number of nitrogens with one attached hydrogen (secondary N) is 1. The van der Waals surface area contributed by atoms with E-state index in [2.05, 4.69) is 129 Å². The summed E-state index contributed by atoms with van der Waals surface area (Å²) < 4.78 is 22.7. The van der Waals surface area contributed by atoms with Crippen molar-refractivity contribution >= 4 is 5.91 Å². The van der Waals surface area contributed by atoms with Crippen molar-refractivity contribution in [3.63, 3.8) is 0 Å². The van der Waals surface area contributed by atoms with Crippen molar-refractivity contribution < 1.29 is 64.6 Å². The Morgan fingerprint density at radius 3 is 1.47 bits per heavy atom. The first-order valence-electron chi connectivity index (χ1n) is 27.8. The molecule has 0 spiro atoms. The van der Waals surface area contributed by atoms with Crippen LogP contribution in [-0.4, -0.2) is 140 Å². The van der Waals surface area contributed by atoms with Crippen molar-refractivity contribution in [1.82, 2.24) is 5.32 Å². The Kier molecular flexibility index (Phi) is 40.0. The highest BCUT2D eigenvalue weighted by Crippen LogP contribution is 2.30. The van der Waals surface area contributed by atoms with Gasteiger partial charge in [0.05, 0.1) is 32.0 Å². The minimum Gasteiger partial charge on any atom is -0.394 e. The molecule has 0 saturated carbocycles. The number of rotatable bonds is 41. The maximum absolute atomic E-state index is 13.2. The molecule has 0 bridgehead atoms. The van der Waals surface area contributed by atoms with Crippen molar-refractivity contribution in [3.05, 3.63) is 122 Å². The van der Waals surface area contributed by atoms with Crippen LogP contribution in [0.3, 0.4) is 0 Å². The summed E-state index contributed by atoms with van der Waals surface area (Å²) in [5.41, 5.74) is 0. The normalized spacial score (nSPS) is 26.2. The molecule has 2 saturated heterocycles. The van der Waals surface area contributed by atoms with Gasteiger partial charge in [-0.2, -0.15) is 0 Å². The Hall–Kier alpha value is -3.61. The number of carbonyl (C=O) groups is 1. The molecule has 2 heterocycles. The second-order valence-corrected chi connectivity index (χ2v) is 19.0. The molecule has 12 unspecified atom stereocenters. The number of carbonyl (C=O) groups excluding carboxylic acids is 1. The number of aliphatic hydroxyl groups is 8. The fourth-order valence-corrected chi connectivity index (χ4v) is 8.14. The molecule has 0 aromatic heterocycles. The van der Waals surface area contributed by atoms with Gasteiger partial charge in [-0.15, -0.1) is 0 Å². The Labute approximate surface area is 444 Å². The number of ether oxygens (including phenoxy) is 4. The van der Waals surface area contributed by atoms with Crippen molar-refractivity contribution in [2.75, 3.05) is 19.8 Å². The van der Waals surface area contributed by atoms with E-state index in [1.165, 1.54) is 25.7 Å². The van der Waals surface area contributed by atoms with E-state index in [0.29, 0.717) is 12.8 Å². The number of allylic oxidation sites excluding steroid dienone is 19. The molecule has 14 heteroatoms. The first-order chi connectivity index (χ1) is 36.1. The zero-order valence-electron chi connectivity index (χ0n) is 44.8. The summed E-state index contributed by atoms with van der Waals surface area (Å²) in [4.78, 5) is 13.2. The highest BCUT2D eigenvalue weighted by atomic mass is 16.7. The third kappa shape index (κ3) is 30.2. The second kappa shape index (κ2) is 44.5. The molecule has 1 amide bonds. The molecular formula is C60H97NO13. The number of hydrogen-bond donors (Lipinski definition) is 9. The summed E-state index contributed by atoms with van der Waals surface area (Å²) >= 11 is 0. The molecule has 2 fully saturated rings. The monoisotopic (exact) mass is 1040 g/mol. The summed E-state index contributed by atoms with van der Waals surface area (Å²) in [7, 11) is 0. The summed E-state index contributed by atoms with van der Waals surface area (Å²) in [6.07, 6.45) is 46.8. The molecule has 9 N–H and O–H groups in total. The summed E-state index contributed by atoms with van der Waals surface area (Å²) in [6.45, 7) is 2.58. The molecule has 12 atom stereocenters. The molecule has 0 aromatic rings. The number of unbranched alkanes of at least 4 members (excludes halogenated alkanes) is 10. The molecule has 420 valence electrons. The topological polar surface area (TPSA) is 228 Å². The smallest absolute Gasteiger partial charge is 0.220 e. The maximum Gasteiger partial charge on any atom is 0.220 e. The van der Waals surface area contributed by atoms with Gasteiger partial charge in [0.25, 0.3) is 0 Å². The van der Waals surface area contributed by atoms with Crippen molar-refractivity contribution in [2.24, 2.45) is 0 Å². The van der Waals surface area contributed by atoms with Crippen LogP contribution in [-0.2, 0) is 23.7 Å². The highest BCUT2D eigenvalue weighted by molar-refractivity contribution is 5.76. The number of amides is 1. The van der Waals surface area contributed by atoms with Crippen molar-refractivity contribution in [1.29, 1.82) is 0 Å². The molecule has 74 heavy (non-hydrogen) atoms. The van der Waals surface area contributed by atoms with Gasteiger partial charge in [0.2, 0.25) is 5.91 Å². The third-order valence-electron chi connectivity index (χ3n) is 12.6. The van der Waals surface area contributed by atoms with E-state index >= 15 is 0 Å². The average Bonchev–Trinajstić information content (AvgIpc) is 3.40. The first kappa shape index (κ1) is 66.5. The van der Waals surface area contributed by atoms with Crippen LogP contribution in [0.25, 0.3) is 0 Å². The second-order valence-electron chi connectivity index (χ2n) is 19.0. The molecular weight excluding hydrogens is 943 g/mol. The van der Waals surface area contributed by atoms with Crippen LogP contribution in [0.2, 0.25) is 0 Å². The molecule has 14 nitrogen and oxygen atoms in total. The zero-order valence-corrected chi connectivity index (χ0v) is 44.8. The summed E-state index contributed by atoms with van der Waals surface area (Å²) in [5.74, 6) is -0.282. The maximum atomic E-state index is 13.2. The third-order valence-corrected chi connectivity index (χ3v) is 12.6. The van der Waals surface area contributed by atoms with E-state index in [1.54, 1.807) is 6.08 Å². The van der Waals surface area contributed by atoms with E-state index in [0.717, 1.165) is 96.3 Å². The van der Waals surface area contributed by atoms with Crippen molar-refractivity contribution in [3.8, 4) is 0 Å². The van der Waals surface area contributed by atoms with Crippen LogP contribution in [0.5, 0.6) is 0 Å². The summed E-state index contributed by atoms with van der Waals surface area (Å²) in [6, 6.07) is -0.953. The Morgan fingerprint density at radius 1 is 0.500 bits per heavy atom. The minimum atomic E-state index is -1.80. The van der Waals surface area contributed by atoms with Gasteiger partial charge in [-0.3, -0.25) is 4.79 Å². The zero-order chi connectivity index (χ0) is 53.9. The van der Waals surface area contributed by atoms with Crippen LogP contribution >= 0.6 is 0 Å². The van der Waals surface area contributed by atoms with Gasteiger partial charge in [0.15, 0.2) is 12.6 Å². The SMILES string of the molecule is CC/C=C\C/C=C\C/C=C\C/C=C\C/C=C\C/C=C\C/C=C\C/C=C\CCCCCCC(=O)NC(COC1OC(CO)C(OC2OC(CO)C(O)C(O)C2O)C(O)C1O)C(O)/C=C/CC/C=C/CCCCCCC. The van der Waals surface area contributed by atoms with Crippen LogP contribution in [0.15, 0.2) is 122 Å². The molecule has 2 aliphatic rings. The van der Waals surface area contributed by atoms with Crippen LogP contribution in [0, 0.1) is 0 Å². The molecule has 0 aliphatic carbocycles. The lowest BCUT2D eigenvalue weighted by Gasteiger charge is -2.46. The van der Waals surface area contributed by atoms with Crippen LogP contribution < -0.4 is 5.32 Å². The lowest BCUT2D eigenvalue weighted by atomic mass is 9.97. The van der Waals surface area contributed by atoms with Gasteiger partial charge in [0.1, 0.15) is 48.8 Å². The Morgan fingerprint density at radius 2 is 0.946 bits per heavy atom. The van der Waals surface area contributed by atoms with E-state index < -0.39 is 86.8 Å². The predicted octanol–water partition coefficient (Wildman–Crippen LogP) is 8.66. The largest absolute Gasteiger partial charge is 0.394 e. The van der Waals surface area contributed by atoms with Gasteiger partial charge in [-0.25, -0.2) is 0 Å². The fraction of sp³-hybridized carbons (Fsp3) is 0.650. The summed E-state index contributed by atoms with van der Waals surface area (Å²) in [5, 5.41) is 86.7. The molecule has 2 aliphatic heterocycles. The van der Waals surface area contributed by atoms with Crippen LogP contribution in [0.4, 0.5) is 0 Å². The lowest BCUT2D eigenvalue weighted by molar-refractivity contribution is -0.359. The first-order valence-corrected chi connectivity index (χ1v) is 27.8. The van der Waals surface area contributed by atoms with Gasteiger partial charge in [0, 0.05) is 6.42 Å². The highest BCUT2D eigenvalue weighted by Gasteiger charge is 2.51. The van der Waals surface area contributed by atoms with E-state index in [-0.39, 0.29) is 18.9 Å². The van der Waals surface area contributed by atoms with Gasteiger partial charge in [-0.05, 0) is 96.3 Å². The number of hydrogen-bond acceptors (Lipinski definition) is 13. The van der Waals surface area contributed by atoms with E-state index in [9.17, 15) is 45.6 Å². The van der Waals surface area contributed by atoms with E-state index in [4.69, 9.17) is 18.9 Å².